The van der Waals surface area contributed by atoms with E-state index in [1.165, 1.54) is 11.3 Å². The molecular weight excluding hydrogens is 490 g/mol. The van der Waals surface area contributed by atoms with Crippen molar-refractivity contribution in [1.82, 2.24) is 10.2 Å². The van der Waals surface area contributed by atoms with Crippen LogP contribution in [-0.2, 0) is 4.79 Å². The summed E-state index contributed by atoms with van der Waals surface area (Å²) >= 11 is 4.73. The van der Waals surface area contributed by atoms with E-state index >= 15 is 0 Å². The van der Waals surface area contributed by atoms with E-state index in [1.807, 2.05) is 36.1 Å². The zero-order valence-corrected chi connectivity index (χ0v) is 21.0. The zero-order valence-electron chi connectivity index (χ0n) is 18.6. The van der Waals surface area contributed by atoms with E-state index in [-0.39, 0.29) is 30.2 Å². The number of thiophene rings is 1. The average molecular weight is 518 g/mol. The number of carbonyl (C=O) groups excluding carboxylic acids is 3. The SMILES string of the molecule is Cc1cc(N2CC(NC(=O)c3ccc(Br)s3)CC2=O)ccc1C(=O)N1CC(C)CC(C)C1. The number of likely N-dealkylation sites (tertiary alicyclic amines) is 1. The molecule has 3 unspecified atom stereocenters. The lowest BCUT2D eigenvalue weighted by Gasteiger charge is -2.35. The third kappa shape index (κ3) is 4.91. The van der Waals surface area contributed by atoms with E-state index in [4.69, 9.17) is 0 Å². The lowest BCUT2D eigenvalue weighted by Crippen LogP contribution is -2.42. The Morgan fingerprint density at radius 1 is 1.09 bits per heavy atom. The summed E-state index contributed by atoms with van der Waals surface area (Å²) in [5.41, 5.74) is 2.32. The number of benzene rings is 1. The number of amides is 3. The van der Waals surface area contributed by atoms with Crippen molar-refractivity contribution in [2.45, 2.75) is 39.7 Å². The summed E-state index contributed by atoms with van der Waals surface area (Å²) in [5.74, 6) is 0.883. The summed E-state index contributed by atoms with van der Waals surface area (Å²) in [6.07, 6.45) is 1.42. The minimum atomic E-state index is -0.242. The van der Waals surface area contributed by atoms with Gasteiger partial charge in [0.2, 0.25) is 5.91 Å². The first-order chi connectivity index (χ1) is 15.2. The van der Waals surface area contributed by atoms with Gasteiger partial charge < -0.3 is 15.1 Å². The second-order valence-corrected chi connectivity index (χ2v) is 11.6. The molecule has 2 aliphatic heterocycles. The number of carbonyl (C=O) groups is 3. The molecule has 3 amide bonds. The van der Waals surface area contributed by atoms with Gasteiger partial charge in [-0.2, -0.15) is 0 Å². The summed E-state index contributed by atoms with van der Waals surface area (Å²) in [6.45, 7) is 8.30. The molecule has 2 aliphatic rings. The second-order valence-electron chi connectivity index (χ2n) is 9.14. The van der Waals surface area contributed by atoms with E-state index in [2.05, 4.69) is 35.1 Å². The van der Waals surface area contributed by atoms with Crippen LogP contribution >= 0.6 is 27.3 Å². The number of anilines is 1. The molecular formula is C24H28BrN3O3S. The second kappa shape index (κ2) is 9.35. The zero-order chi connectivity index (χ0) is 23.0. The molecule has 32 heavy (non-hydrogen) atoms. The van der Waals surface area contributed by atoms with Crippen LogP contribution < -0.4 is 10.2 Å². The smallest absolute Gasteiger partial charge is 0.261 e. The molecule has 0 spiro atoms. The molecule has 0 saturated carbocycles. The molecule has 0 aliphatic carbocycles. The van der Waals surface area contributed by atoms with E-state index in [0.717, 1.165) is 34.5 Å². The molecule has 2 aromatic rings. The van der Waals surface area contributed by atoms with Gasteiger partial charge >= 0.3 is 0 Å². The van der Waals surface area contributed by atoms with Gasteiger partial charge in [0.1, 0.15) is 0 Å². The van der Waals surface area contributed by atoms with Gasteiger partial charge in [0, 0.05) is 37.3 Å². The van der Waals surface area contributed by atoms with Crippen molar-refractivity contribution >= 4 is 50.7 Å². The third-order valence-electron chi connectivity index (χ3n) is 6.17. The van der Waals surface area contributed by atoms with Crippen LogP contribution in [0.15, 0.2) is 34.1 Å². The van der Waals surface area contributed by atoms with Crippen LogP contribution in [-0.4, -0.2) is 48.3 Å². The quantitative estimate of drug-likeness (QED) is 0.650. The van der Waals surface area contributed by atoms with Crippen molar-refractivity contribution in [2.24, 2.45) is 11.8 Å². The molecule has 0 radical (unpaired) electrons. The lowest BCUT2D eigenvalue weighted by molar-refractivity contribution is -0.117. The molecule has 2 saturated heterocycles. The molecule has 6 nitrogen and oxygen atoms in total. The summed E-state index contributed by atoms with van der Waals surface area (Å²) < 4.78 is 0.894. The van der Waals surface area contributed by atoms with Crippen molar-refractivity contribution in [1.29, 1.82) is 0 Å². The Morgan fingerprint density at radius 3 is 2.44 bits per heavy atom. The van der Waals surface area contributed by atoms with Crippen molar-refractivity contribution in [2.75, 3.05) is 24.5 Å². The molecule has 1 aromatic carbocycles. The third-order valence-corrected chi connectivity index (χ3v) is 7.79. The Labute approximate surface area is 201 Å². The Kier molecular flexibility index (Phi) is 6.72. The Hall–Kier alpha value is -2.19. The van der Waals surface area contributed by atoms with Crippen molar-refractivity contribution < 1.29 is 14.4 Å². The summed E-state index contributed by atoms with van der Waals surface area (Å²) in [6, 6.07) is 8.94. The highest BCUT2D eigenvalue weighted by atomic mass is 79.9. The van der Waals surface area contributed by atoms with Gasteiger partial charge in [-0.3, -0.25) is 14.4 Å². The fourth-order valence-corrected chi connectivity index (χ4v) is 6.09. The average Bonchev–Trinajstić information content (AvgIpc) is 3.32. The maximum Gasteiger partial charge on any atom is 0.261 e. The number of nitrogens with zero attached hydrogens (tertiary/aromatic N) is 2. The predicted molar refractivity (Wildman–Crippen MR) is 130 cm³/mol. The topological polar surface area (TPSA) is 69.7 Å². The van der Waals surface area contributed by atoms with Crippen LogP contribution in [0, 0.1) is 18.8 Å². The highest BCUT2D eigenvalue weighted by Gasteiger charge is 2.33. The minimum Gasteiger partial charge on any atom is -0.346 e. The number of halogens is 1. The number of hydrogen-bond acceptors (Lipinski definition) is 4. The van der Waals surface area contributed by atoms with Crippen LogP contribution in [0.2, 0.25) is 0 Å². The van der Waals surface area contributed by atoms with E-state index in [9.17, 15) is 14.4 Å². The van der Waals surface area contributed by atoms with Crippen molar-refractivity contribution in [3.8, 4) is 0 Å². The van der Waals surface area contributed by atoms with Gasteiger partial charge in [-0.15, -0.1) is 11.3 Å². The number of rotatable bonds is 4. The van der Waals surface area contributed by atoms with Crippen LogP contribution in [0.1, 0.15) is 52.3 Å². The first-order valence-electron chi connectivity index (χ1n) is 11.0. The van der Waals surface area contributed by atoms with Gasteiger partial charge in [0.15, 0.2) is 0 Å². The number of piperidine rings is 1. The van der Waals surface area contributed by atoms with Gasteiger partial charge in [-0.05, 0) is 77.0 Å². The molecule has 8 heteroatoms. The highest BCUT2D eigenvalue weighted by molar-refractivity contribution is 9.11. The van der Waals surface area contributed by atoms with Gasteiger partial charge in [-0.25, -0.2) is 0 Å². The fraction of sp³-hybridized carbons (Fsp3) is 0.458. The largest absolute Gasteiger partial charge is 0.346 e. The van der Waals surface area contributed by atoms with Gasteiger partial charge in [0.25, 0.3) is 11.8 Å². The number of nitrogens with one attached hydrogen (secondary N) is 1. The molecule has 170 valence electrons. The summed E-state index contributed by atoms with van der Waals surface area (Å²) in [7, 11) is 0. The van der Waals surface area contributed by atoms with Crippen LogP contribution in [0.25, 0.3) is 0 Å². The van der Waals surface area contributed by atoms with Crippen LogP contribution in [0.4, 0.5) is 5.69 Å². The maximum absolute atomic E-state index is 13.1. The molecule has 3 heterocycles. The van der Waals surface area contributed by atoms with Gasteiger partial charge in [-0.1, -0.05) is 13.8 Å². The van der Waals surface area contributed by atoms with E-state index in [1.54, 1.807) is 11.0 Å². The summed E-state index contributed by atoms with van der Waals surface area (Å²) in [5, 5.41) is 2.96. The Morgan fingerprint density at radius 2 is 1.81 bits per heavy atom. The van der Waals surface area contributed by atoms with Crippen LogP contribution in [0.3, 0.4) is 0 Å². The van der Waals surface area contributed by atoms with Crippen molar-refractivity contribution in [3.63, 3.8) is 0 Å². The normalized spacial score (nSPS) is 23.5. The molecule has 1 N–H and O–H groups in total. The molecule has 4 rings (SSSR count). The van der Waals surface area contributed by atoms with Gasteiger partial charge in [0.05, 0.1) is 14.7 Å². The maximum atomic E-state index is 13.1. The molecule has 3 atom stereocenters. The van der Waals surface area contributed by atoms with E-state index in [0.29, 0.717) is 28.8 Å². The standard InChI is InChI=1S/C24H28BrN3O3S/c1-14-8-15(2)12-27(11-14)24(31)19-5-4-18(9-16(19)3)28-13-17(10-22(28)29)26-23(30)20-6-7-21(25)32-20/h4-7,9,14-15,17H,8,10-13H2,1-3H3,(H,26,30). The number of hydrogen-bond donors (Lipinski definition) is 1. The minimum absolute atomic E-state index is 0.0279. The monoisotopic (exact) mass is 517 g/mol. The summed E-state index contributed by atoms with van der Waals surface area (Å²) in [4.78, 5) is 42.5. The fourth-order valence-electron chi connectivity index (χ4n) is 4.80. The van der Waals surface area contributed by atoms with Crippen LogP contribution in [0.5, 0.6) is 0 Å². The number of aryl methyl sites for hydroxylation is 1. The lowest BCUT2D eigenvalue weighted by atomic mass is 9.91. The first-order valence-corrected chi connectivity index (χ1v) is 12.6. The Bertz CT molecular complexity index is 1040. The predicted octanol–water partition coefficient (Wildman–Crippen LogP) is 4.47. The van der Waals surface area contributed by atoms with E-state index < -0.39 is 0 Å². The first kappa shape index (κ1) is 23.0. The van der Waals surface area contributed by atoms with Crippen molar-refractivity contribution in [3.05, 3.63) is 50.1 Å². The molecule has 0 bridgehead atoms. The molecule has 1 aromatic heterocycles. The Balaban J connectivity index is 1.44. The molecule has 2 fully saturated rings. The highest BCUT2D eigenvalue weighted by Crippen LogP contribution is 2.28.